The van der Waals surface area contributed by atoms with Gasteiger partial charge in [-0.2, -0.15) is 0 Å². The normalized spacial score (nSPS) is 20.7. The van der Waals surface area contributed by atoms with Crippen molar-refractivity contribution in [2.24, 2.45) is 17.6 Å². The summed E-state index contributed by atoms with van der Waals surface area (Å²) in [6.07, 6.45) is 5.13. The van der Waals surface area contributed by atoms with Crippen LogP contribution in [0, 0.1) is 11.8 Å². The lowest BCUT2D eigenvalue weighted by molar-refractivity contribution is 0.388. The zero-order valence-corrected chi connectivity index (χ0v) is 9.59. The second-order valence-corrected chi connectivity index (χ2v) is 5.51. The summed E-state index contributed by atoms with van der Waals surface area (Å²) in [5.74, 6) is 1.67. The minimum Gasteiger partial charge on any atom is -0.327 e. The number of hydrogen-bond donors (Lipinski definition) is 1. The Kier molecular flexibility index (Phi) is 3.24. The smallest absolute Gasteiger partial charge is 0.00706 e. The van der Waals surface area contributed by atoms with E-state index in [1.165, 1.54) is 17.7 Å². The average molecular weight is 209 g/mol. The van der Waals surface area contributed by atoms with Gasteiger partial charge in [-0.3, -0.25) is 0 Å². The fourth-order valence-corrected chi connectivity index (χ4v) is 2.72. The van der Waals surface area contributed by atoms with Gasteiger partial charge in [-0.1, -0.05) is 13.0 Å². The Bertz CT molecular complexity index is 264. The van der Waals surface area contributed by atoms with E-state index in [-0.39, 0.29) is 0 Å². The molecule has 0 bridgehead atoms. The maximum absolute atomic E-state index is 6.18. The third-order valence-electron chi connectivity index (χ3n) is 3.35. The van der Waals surface area contributed by atoms with E-state index in [1.807, 2.05) is 11.3 Å². The van der Waals surface area contributed by atoms with Crippen LogP contribution in [0.2, 0.25) is 0 Å². The quantitative estimate of drug-likeness (QED) is 0.792. The zero-order chi connectivity index (χ0) is 9.97. The molecule has 1 nitrogen and oxygen atoms in total. The van der Waals surface area contributed by atoms with Gasteiger partial charge < -0.3 is 5.73 Å². The fourth-order valence-electron chi connectivity index (χ4n) is 2.00. The van der Waals surface area contributed by atoms with Crippen molar-refractivity contribution in [2.75, 3.05) is 0 Å². The van der Waals surface area contributed by atoms with Crippen LogP contribution in [0.3, 0.4) is 0 Å². The maximum atomic E-state index is 6.18. The van der Waals surface area contributed by atoms with Crippen molar-refractivity contribution < 1.29 is 0 Å². The van der Waals surface area contributed by atoms with Crippen molar-refractivity contribution in [3.63, 3.8) is 0 Å². The van der Waals surface area contributed by atoms with Gasteiger partial charge in [0.05, 0.1) is 0 Å². The van der Waals surface area contributed by atoms with E-state index in [1.54, 1.807) is 0 Å². The molecule has 0 amide bonds. The Morgan fingerprint density at radius 1 is 1.57 bits per heavy atom. The molecular weight excluding hydrogens is 190 g/mol. The number of thiophene rings is 1. The fraction of sp³-hybridized carbons (Fsp3) is 0.667. The highest BCUT2D eigenvalue weighted by atomic mass is 32.1. The van der Waals surface area contributed by atoms with Gasteiger partial charge in [-0.25, -0.2) is 0 Å². The van der Waals surface area contributed by atoms with Crippen molar-refractivity contribution >= 4 is 11.3 Å². The van der Waals surface area contributed by atoms with Crippen LogP contribution >= 0.6 is 11.3 Å². The van der Waals surface area contributed by atoms with E-state index >= 15 is 0 Å². The van der Waals surface area contributed by atoms with E-state index in [0.717, 1.165) is 24.7 Å². The van der Waals surface area contributed by atoms with Crippen molar-refractivity contribution in [1.82, 2.24) is 0 Å². The van der Waals surface area contributed by atoms with Crippen LogP contribution in [0.1, 0.15) is 31.1 Å². The topological polar surface area (TPSA) is 26.0 Å². The Balaban J connectivity index is 1.74. The Morgan fingerprint density at radius 3 is 2.93 bits per heavy atom. The molecule has 0 radical (unpaired) electrons. The lowest BCUT2D eigenvalue weighted by Crippen LogP contribution is -2.29. The first-order chi connectivity index (χ1) is 6.77. The summed E-state index contributed by atoms with van der Waals surface area (Å²) >= 11 is 1.85. The Hall–Kier alpha value is -0.340. The SMILES string of the molecule is CC(C(N)CCc1cccs1)C1CC1. The molecule has 2 unspecified atom stereocenters. The van der Waals surface area contributed by atoms with Crippen LogP contribution in [-0.2, 0) is 6.42 Å². The van der Waals surface area contributed by atoms with E-state index in [0.29, 0.717) is 6.04 Å². The highest BCUT2D eigenvalue weighted by Gasteiger charge is 2.31. The predicted octanol–water partition coefficient (Wildman–Crippen LogP) is 3.05. The minimum atomic E-state index is 0.407. The van der Waals surface area contributed by atoms with Crippen LogP contribution in [0.4, 0.5) is 0 Å². The summed E-state index contributed by atoms with van der Waals surface area (Å²) in [7, 11) is 0. The molecule has 0 aliphatic heterocycles. The molecule has 1 heterocycles. The first-order valence-corrected chi connectivity index (χ1v) is 6.43. The molecule has 2 rings (SSSR count). The van der Waals surface area contributed by atoms with E-state index in [4.69, 9.17) is 5.73 Å². The van der Waals surface area contributed by atoms with Crippen LogP contribution in [0.25, 0.3) is 0 Å². The molecule has 1 aliphatic carbocycles. The summed E-state index contributed by atoms with van der Waals surface area (Å²) in [4.78, 5) is 1.48. The highest BCUT2D eigenvalue weighted by Crippen LogP contribution is 2.38. The van der Waals surface area contributed by atoms with Crippen LogP contribution in [0.5, 0.6) is 0 Å². The third kappa shape index (κ3) is 2.58. The van der Waals surface area contributed by atoms with Gasteiger partial charge in [0.1, 0.15) is 0 Å². The second-order valence-electron chi connectivity index (χ2n) is 4.48. The molecule has 2 heteroatoms. The predicted molar refractivity (Wildman–Crippen MR) is 62.5 cm³/mol. The maximum Gasteiger partial charge on any atom is 0.00706 e. The first-order valence-electron chi connectivity index (χ1n) is 5.55. The van der Waals surface area contributed by atoms with Gasteiger partial charge in [0.2, 0.25) is 0 Å². The number of aryl methyl sites for hydroxylation is 1. The third-order valence-corrected chi connectivity index (χ3v) is 4.28. The minimum absolute atomic E-state index is 0.407. The molecule has 1 aromatic rings. The molecule has 78 valence electrons. The van der Waals surface area contributed by atoms with E-state index < -0.39 is 0 Å². The number of rotatable bonds is 5. The lowest BCUT2D eigenvalue weighted by Gasteiger charge is -2.18. The molecule has 0 saturated heterocycles. The summed E-state index contributed by atoms with van der Waals surface area (Å²) in [5.41, 5.74) is 6.18. The van der Waals surface area contributed by atoms with Gasteiger partial charge in [0.15, 0.2) is 0 Å². The average Bonchev–Trinajstić information content (AvgIpc) is 2.91. The van der Waals surface area contributed by atoms with Crippen LogP contribution in [-0.4, -0.2) is 6.04 Å². The molecule has 14 heavy (non-hydrogen) atoms. The van der Waals surface area contributed by atoms with E-state index in [9.17, 15) is 0 Å². The Labute approximate surface area is 90.3 Å². The van der Waals surface area contributed by atoms with Gasteiger partial charge in [-0.05, 0) is 49.0 Å². The van der Waals surface area contributed by atoms with Gasteiger partial charge >= 0.3 is 0 Å². The molecule has 1 aliphatic rings. The molecule has 0 spiro atoms. The van der Waals surface area contributed by atoms with Gasteiger partial charge in [0.25, 0.3) is 0 Å². The molecule has 0 aromatic carbocycles. The van der Waals surface area contributed by atoms with Crippen LogP contribution < -0.4 is 5.73 Å². The molecule has 1 saturated carbocycles. The molecule has 2 atom stereocenters. The lowest BCUT2D eigenvalue weighted by atomic mass is 9.93. The summed E-state index contributed by atoms with van der Waals surface area (Å²) in [5, 5.41) is 2.14. The first kappa shape index (κ1) is 10.2. The molecule has 1 fully saturated rings. The van der Waals surface area contributed by atoms with E-state index in [2.05, 4.69) is 24.4 Å². The second kappa shape index (κ2) is 4.45. The summed E-state index contributed by atoms with van der Waals surface area (Å²) in [6.45, 7) is 2.32. The molecular formula is C12H19NS. The van der Waals surface area contributed by atoms with Crippen LogP contribution in [0.15, 0.2) is 17.5 Å². The summed E-state index contributed by atoms with van der Waals surface area (Å²) < 4.78 is 0. The summed E-state index contributed by atoms with van der Waals surface area (Å²) in [6, 6.07) is 4.74. The highest BCUT2D eigenvalue weighted by molar-refractivity contribution is 7.09. The van der Waals surface area contributed by atoms with Crippen molar-refractivity contribution in [1.29, 1.82) is 0 Å². The standard InChI is InChI=1S/C12H19NS/c1-9(10-4-5-10)12(13)7-6-11-3-2-8-14-11/h2-3,8-10,12H,4-7,13H2,1H3. The molecule has 1 aromatic heterocycles. The van der Waals surface area contributed by atoms with Crippen molar-refractivity contribution in [3.05, 3.63) is 22.4 Å². The number of nitrogens with two attached hydrogens (primary N) is 1. The van der Waals surface area contributed by atoms with Crippen molar-refractivity contribution in [3.8, 4) is 0 Å². The van der Waals surface area contributed by atoms with Gasteiger partial charge in [-0.15, -0.1) is 11.3 Å². The van der Waals surface area contributed by atoms with Crippen molar-refractivity contribution in [2.45, 2.75) is 38.6 Å². The monoisotopic (exact) mass is 209 g/mol. The van der Waals surface area contributed by atoms with Gasteiger partial charge in [0, 0.05) is 10.9 Å². The molecule has 2 N–H and O–H groups in total. The Morgan fingerprint density at radius 2 is 2.36 bits per heavy atom. The zero-order valence-electron chi connectivity index (χ0n) is 8.78. The largest absolute Gasteiger partial charge is 0.327 e. The number of hydrogen-bond acceptors (Lipinski definition) is 2.